The Morgan fingerprint density at radius 1 is 0.625 bits per heavy atom. The van der Waals surface area contributed by atoms with Gasteiger partial charge in [-0.25, -0.2) is 18.4 Å². The van der Waals surface area contributed by atoms with Crippen molar-refractivity contribution in [1.82, 2.24) is 59.9 Å². The number of nitrogens with zero attached hydrogens (tertiary/aromatic N) is 10. The van der Waals surface area contributed by atoms with Gasteiger partial charge in [0, 0.05) is 96.6 Å². The van der Waals surface area contributed by atoms with E-state index in [1.54, 1.807) is 81.9 Å². The Hall–Kier alpha value is -7.44. The van der Waals surface area contributed by atoms with Crippen molar-refractivity contribution in [1.29, 1.82) is 0 Å². The molecule has 2 fully saturated rings. The fraction of sp³-hybridized carbons (Fsp3) is 0.182. The molecule has 4 amide bonds. The highest BCUT2D eigenvalue weighted by atomic mass is 35.5. The summed E-state index contributed by atoms with van der Waals surface area (Å²) in [5, 5.41) is 22.2. The van der Waals surface area contributed by atoms with E-state index in [-0.39, 0.29) is 12.1 Å². The van der Waals surface area contributed by atoms with Gasteiger partial charge in [0.15, 0.2) is 0 Å². The number of rotatable bonds is 12. The highest BCUT2D eigenvalue weighted by Gasteiger charge is 2.21. The number of aromatic nitrogens is 8. The van der Waals surface area contributed by atoms with Crippen LogP contribution >= 0.6 is 23.2 Å². The van der Waals surface area contributed by atoms with Gasteiger partial charge in [-0.05, 0) is 72.8 Å². The lowest BCUT2D eigenvalue weighted by Gasteiger charge is -2.15. The summed E-state index contributed by atoms with van der Waals surface area (Å²) in [5.41, 5.74) is 7.59. The average Bonchev–Trinajstić information content (AvgIpc) is 4.12. The van der Waals surface area contributed by atoms with Crippen molar-refractivity contribution in [2.75, 3.05) is 49.9 Å². The number of hydrogen-bond donors (Lipinski definition) is 4. The van der Waals surface area contributed by atoms with Crippen molar-refractivity contribution in [2.45, 2.75) is 13.1 Å². The summed E-state index contributed by atoms with van der Waals surface area (Å²) in [4.78, 5) is 44.4. The number of carbonyl (C=O) groups is 2. The molecule has 8 heterocycles. The van der Waals surface area contributed by atoms with Gasteiger partial charge >= 0.3 is 12.1 Å². The lowest BCUT2D eigenvalue weighted by Crippen LogP contribution is -2.31. The van der Waals surface area contributed by atoms with Crippen LogP contribution in [-0.4, -0.2) is 101 Å². The summed E-state index contributed by atoms with van der Waals surface area (Å²) in [6, 6.07) is 19.4. The third-order valence-electron chi connectivity index (χ3n) is 10.5. The van der Waals surface area contributed by atoms with Gasteiger partial charge in [0.25, 0.3) is 0 Å². The van der Waals surface area contributed by atoms with E-state index in [1.165, 1.54) is 24.3 Å². The maximum Gasteiger partial charge on any atom is 0.317 e. The van der Waals surface area contributed by atoms with Gasteiger partial charge in [0.2, 0.25) is 0 Å². The Labute approximate surface area is 374 Å². The lowest BCUT2D eigenvalue weighted by molar-refractivity contribution is 0.214. The first-order valence-electron chi connectivity index (χ1n) is 20.2. The molecular weight excluding hydrogens is 865 g/mol. The van der Waals surface area contributed by atoms with E-state index >= 15 is 0 Å². The Morgan fingerprint density at radius 3 is 1.77 bits per heavy atom. The normalized spacial score (nSPS) is 13.6. The molecule has 6 aromatic heterocycles. The predicted octanol–water partition coefficient (Wildman–Crippen LogP) is 8.11. The Kier molecular flexibility index (Phi) is 12.1. The van der Waals surface area contributed by atoms with Crippen LogP contribution in [0.3, 0.4) is 0 Å². The van der Waals surface area contributed by atoms with E-state index in [1.807, 2.05) is 23.0 Å². The lowest BCUT2D eigenvalue weighted by atomic mass is 10.1. The number of halogens is 4. The average molecular weight is 904 g/mol. The number of carbonyl (C=O) groups excluding carboxylic acids is 2. The van der Waals surface area contributed by atoms with Crippen LogP contribution in [-0.2, 0) is 13.1 Å². The molecule has 8 aromatic rings. The smallest absolute Gasteiger partial charge is 0.317 e. The third kappa shape index (κ3) is 9.32. The van der Waals surface area contributed by atoms with Crippen molar-refractivity contribution in [3.8, 4) is 22.5 Å². The first-order valence-corrected chi connectivity index (χ1v) is 21.0. The maximum atomic E-state index is 14.3. The van der Waals surface area contributed by atoms with E-state index in [0.29, 0.717) is 90.4 Å². The molecule has 0 aliphatic carbocycles. The second-order valence-corrected chi connectivity index (χ2v) is 15.6. The number of urea groups is 2. The predicted molar refractivity (Wildman–Crippen MR) is 241 cm³/mol. The van der Waals surface area contributed by atoms with Crippen LogP contribution in [0.25, 0.3) is 44.6 Å². The van der Waals surface area contributed by atoms with E-state index < -0.39 is 11.6 Å². The monoisotopic (exact) mass is 902 g/mol. The molecule has 0 radical (unpaired) electrons. The van der Waals surface area contributed by atoms with Gasteiger partial charge in [-0.2, -0.15) is 10.2 Å². The van der Waals surface area contributed by atoms with E-state index in [9.17, 15) is 18.4 Å². The maximum absolute atomic E-state index is 14.3. The molecule has 2 aliphatic heterocycles. The zero-order chi connectivity index (χ0) is 44.2. The van der Waals surface area contributed by atoms with Gasteiger partial charge in [0.05, 0.1) is 48.2 Å². The fourth-order valence-electron chi connectivity index (χ4n) is 7.37. The van der Waals surface area contributed by atoms with Gasteiger partial charge in [0.1, 0.15) is 33.7 Å². The molecule has 0 bridgehead atoms. The van der Waals surface area contributed by atoms with Crippen LogP contribution < -0.4 is 21.3 Å². The number of benzene rings is 2. The largest absolute Gasteiger partial charge is 0.354 e. The summed E-state index contributed by atoms with van der Waals surface area (Å²) >= 11 is 12.1. The summed E-state index contributed by atoms with van der Waals surface area (Å²) < 4.78 is 32.2. The zero-order valence-corrected chi connectivity index (χ0v) is 35.4. The first kappa shape index (κ1) is 41.9. The molecule has 64 heavy (non-hydrogen) atoms. The molecule has 324 valence electrons. The van der Waals surface area contributed by atoms with Crippen LogP contribution in [0.1, 0.15) is 0 Å². The van der Waals surface area contributed by atoms with Crippen molar-refractivity contribution in [3.05, 3.63) is 132 Å². The summed E-state index contributed by atoms with van der Waals surface area (Å²) in [7, 11) is 0. The van der Waals surface area contributed by atoms with Gasteiger partial charge in [-0.15, -0.1) is 0 Å². The Bertz CT molecular complexity index is 3010. The van der Waals surface area contributed by atoms with Crippen LogP contribution in [0, 0.1) is 11.6 Å². The molecule has 20 heteroatoms. The number of fused-ring (bicyclic) bond motifs is 2. The molecule has 10 rings (SSSR count). The van der Waals surface area contributed by atoms with Crippen LogP contribution in [0.4, 0.5) is 41.1 Å². The van der Waals surface area contributed by atoms with E-state index in [2.05, 4.69) is 51.4 Å². The minimum Gasteiger partial charge on any atom is -0.354 e. The molecule has 2 aromatic carbocycles. The van der Waals surface area contributed by atoms with Crippen molar-refractivity contribution >= 4 is 80.1 Å². The Balaban J connectivity index is 0.000000162. The summed E-state index contributed by atoms with van der Waals surface area (Å²) in [5.74, 6) is -0.787. The molecule has 16 nitrogen and oxygen atoms in total. The van der Waals surface area contributed by atoms with Crippen molar-refractivity contribution in [3.63, 3.8) is 0 Å². The van der Waals surface area contributed by atoms with Gasteiger partial charge < -0.3 is 31.1 Å². The molecule has 0 atom stereocenters. The number of pyridine rings is 4. The molecule has 2 saturated heterocycles. The topological polar surface area (TPSA) is 176 Å². The summed E-state index contributed by atoms with van der Waals surface area (Å²) in [6.45, 7) is 4.92. The van der Waals surface area contributed by atoms with Crippen molar-refractivity contribution < 1.29 is 18.4 Å². The number of nitrogens with one attached hydrogen (secondary N) is 4. The number of anilines is 4. The van der Waals surface area contributed by atoms with Crippen molar-refractivity contribution in [2.24, 2.45) is 0 Å². The third-order valence-corrected chi connectivity index (χ3v) is 11.0. The quantitative estimate of drug-likeness (QED) is 0.0938. The first-order chi connectivity index (χ1) is 31.1. The van der Waals surface area contributed by atoms with Crippen LogP contribution in [0.2, 0.25) is 10.0 Å². The minimum absolute atomic E-state index is 0.0492. The fourth-order valence-corrected chi connectivity index (χ4v) is 7.71. The Morgan fingerprint density at radius 2 is 1.17 bits per heavy atom. The molecule has 0 saturated carbocycles. The van der Waals surface area contributed by atoms with Gasteiger partial charge in [-0.1, -0.05) is 23.2 Å². The summed E-state index contributed by atoms with van der Waals surface area (Å²) in [6.07, 6.45) is 10.2. The molecule has 4 N–H and O–H groups in total. The molecule has 0 unspecified atom stereocenters. The van der Waals surface area contributed by atoms with Crippen LogP contribution in [0.5, 0.6) is 0 Å². The highest BCUT2D eigenvalue weighted by Crippen LogP contribution is 2.31. The number of hydrogen-bond acceptors (Lipinski definition) is 10. The zero-order valence-electron chi connectivity index (χ0n) is 33.8. The van der Waals surface area contributed by atoms with E-state index in [4.69, 9.17) is 23.2 Å². The van der Waals surface area contributed by atoms with E-state index in [0.717, 1.165) is 39.3 Å². The molecular formula is C44H38Cl2F2N14O2. The number of amides is 4. The standard InChI is InChI=1S/2C22H19ClFN7O/c23-14-1-2-17(24)16(11-14)19-12-15(3-5-25-19)28-18-4-6-26-20-13-31(29-21(18)20)10-9-30-8-7-27-22(30)32;23-14-1-2-17(24)16(11-14)19-12-15(3-5-25-19)29-18-4-6-26-20-13-28-31(21(18)20)10-9-30-8-7-27-22(30)32/h1-6,11-13H,7-10H2,(H,25,28)(H,27,32);1-6,11-13H,7-10H2,(H,27,32)(H,25,26,29). The minimum atomic E-state index is -0.394. The SMILES string of the molecule is O=C1NCCN1CCn1cc2nccc(Nc3ccnc(-c4cc(Cl)ccc4F)c3)c2n1.O=C1NCCN1CCn1ncc2nccc(Nc3ccnc(-c4cc(Cl)ccc4F)c3)c21. The van der Waals surface area contributed by atoms with Gasteiger partial charge in [-0.3, -0.25) is 29.3 Å². The molecule has 2 aliphatic rings. The molecule has 0 spiro atoms. The second-order valence-electron chi connectivity index (χ2n) is 14.7. The van der Waals surface area contributed by atoms with Crippen LogP contribution in [0.15, 0.2) is 110 Å². The second kappa shape index (κ2) is 18.5. The highest BCUT2D eigenvalue weighted by molar-refractivity contribution is 6.31.